The molecule has 0 radical (unpaired) electrons. The molecule has 0 saturated carbocycles. The van der Waals surface area contributed by atoms with Gasteiger partial charge in [-0.25, -0.2) is 9.78 Å². The number of carbonyl (C=O) groups is 1. The Bertz CT molecular complexity index is 363. The Hall–Kier alpha value is -1.84. The molecule has 0 amide bonds. The van der Waals surface area contributed by atoms with Crippen molar-refractivity contribution < 1.29 is 9.53 Å². The van der Waals surface area contributed by atoms with Gasteiger partial charge in [-0.1, -0.05) is 6.08 Å². The maximum Gasteiger partial charge on any atom is 0.338 e. The second kappa shape index (κ2) is 5.14. The first-order valence-corrected chi connectivity index (χ1v) is 4.55. The van der Waals surface area contributed by atoms with Gasteiger partial charge < -0.3 is 9.64 Å². The van der Waals surface area contributed by atoms with Gasteiger partial charge in [0.15, 0.2) is 0 Å². The molecule has 0 aromatic carbocycles. The quantitative estimate of drug-likeness (QED) is 0.553. The monoisotopic (exact) mass is 206 g/mol. The van der Waals surface area contributed by atoms with Crippen molar-refractivity contribution in [1.82, 2.24) is 4.98 Å². The zero-order chi connectivity index (χ0) is 11.3. The summed E-state index contributed by atoms with van der Waals surface area (Å²) in [5.74, 6) is 0.364. The second-order valence-electron chi connectivity index (χ2n) is 3.06. The predicted molar refractivity (Wildman–Crippen MR) is 59.0 cm³/mol. The molecular weight excluding hydrogens is 192 g/mol. The number of aromatic nitrogens is 1. The average Bonchev–Trinajstić information content (AvgIpc) is 2.28. The normalized spacial score (nSPS) is 9.47. The standard InChI is InChI=1S/C11H14N2O2/c1-4-7-13(2)10-8-9(5-6-12-10)11(14)15-3/h4-6,8H,1,7H2,2-3H3. The maximum atomic E-state index is 11.3. The minimum Gasteiger partial charge on any atom is -0.465 e. The van der Waals surface area contributed by atoms with Crippen LogP contribution >= 0.6 is 0 Å². The van der Waals surface area contributed by atoms with Crippen LogP contribution in [0.5, 0.6) is 0 Å². The van der Waals surface area contributed by atoms with E-state index in [2.05, 4.69) is 16.3 Å². The van der Waals surface area contributed by atoms with E-state index in [4.69, 9.17) is 0 Å². The van der Waals surface area contributed by atoms with Gasteiger partial charge in [0.25, 0.3) is 0 Å². The number of ether oxygens (including phenoxy) is 1. The van der Waals surface area contributed by atoms with E-state index >= 15 is 0 Å². The average molecular weight is 206 g/mol. The molecule has 0 fully saturated rings. The number of methoxy groups -OCH3 is 1. The molecule has 4 nitrogen and oxygen atoms in total. The van der Waals surface area contributed by atoms with Gasteiger partial charge in [-0.05, 0) is 12.1 Å². The molecule has 0 N–H and O–H groups in total. The molecule has 0 bridgehead atoms. The largest absolute Gasteiger partial charge is 0.465 e. The number of pyridine rings is 1. The molecule has 1 aromatic rings. The topological polar surface area (TPSA) is 42.4 Å². The Labute approximate surface area is 89.2 Å². The number of esters is 1. The summed E-state index contributed by atoms with van der Waals surface area (Å²) >= 11 is 0. The lowest BCUT2D eigenvalue weighted by Gasteiger charge is -2.15. The molecule has 1 rings (SSSR count). The third-order valence-corrected chi connectivity index (χ3v) is 1.96. The van der Waals surface area contributed by atoms with Crippen molar-refractivity contribution in [3.8, 4) is 0 Å². The SMILES string of the molecule is C=CCN(C)c1cc(C(=O)OC)ccn1. The number of likely N-dealkylation sites (N-methyl/N-ethyl adjacent to an activating group) is 1. The van der Waals surface area contributed by atoms with Crippen molar-refractivity contribution in [2.45, 2.75) is 0 Å². The van der Waals surface area contributed by atoms with Gasteiger partial charge in [0.1, 0.15) is 5.82 Å². The van der Waals surface area contributed by atoms with Crippen molar-refractivity contribution in [1.29, 1.82) is 0 Å². The van der Waals surface area contributed by atoms with Crippen LogP contribution < -0.4 is 4.90 Å². The molecule has 0 unspecified atom stereocenters. The van der Waals surface area contributed by atoms with Crippen molar-refractivity contribution in [2.24, 2.45) is 0 Å². The van der Waals surface area contributed by atoms with Crippen LogP contribution in [0.25, 0.3) is 0 Å². The Morgan fingerprint density at radius 3 is 3.07 bits per heavy atom. The number of rotatable bonds is 4. The molecule has 0 aliphatic carbocycles. The van der Waals surface area contributed by atoms with Gasteiger partial charge >= 0.3 is 5.97 Å². The van der Waals surface area contributed by atoms with Crippen LogP contribution in [0.2, 0.25) is 0 Å². The third-order valence-electron chi connectivity index (χ3n) is 1.96. The first kappa shape index (κ1) is 11.2. The summed E-state index contributed by atoms with van der Waals surface area (Å²) in [5.41, 5.74) is 0.499. The van der Waals surface area contributed by atoms with Gasteiger partial charge in [0.2, 0.25) is 0 Å². The number of hydrogen-bond donors (Lipinski definition) is 0. The summed E-state index contributed by atoms with van der Waals surface area (Å²) in [6.45, 7) is 4.32. The highest BCUT2D eigenvalue weighted by molar-refractivity contribution is 5.90. The molecule has 0 aliphatic rings. The van der Waals surface area contributed by atoms with E-state index in [9.17, 15) is 4.79 Å². The number of hydrogen-bond acceptors (Lipinski definition) is 4. The number of carbonyl (C=O) groups excluding carboxylic acids is 1. The molecule has 0 atom stereocenters. The number of anilines is 1. The van der Waals surface area contributed by atoms with Gasteiger partial charge in [-0.2, -0.15) is 0 Å². The highest BCUT2D eigenvalue weighted by atomic mass is 16.5. The summed E-state index contributed by atoms with van der Waals surface area (Å²) in [6, 6.07) is 3.31. The minimum atomic E-state index is -0.356. The van der Waals surface area contributed by atoms with Crippen LogP contribution in [0.1, 0.15) is 10.4 Å². The summed E-state index contributed by atoms with van der Waals surface area (Å²) in [7, 11) is 3.24. The maximum absolute atomic E-state index is 11.3. The van der Waals surface area contributed by atoms with E-state index in [1.807, 2.05) is 11.9 Å². The van der Waals surface area contributed by atoms with Gasteiger partial charge in [-0.3, -0.25) is 0 Å². The van der Waals surface area contributed by atoms with Crippen molar-refractivity contribution >= 4 is 11.8 Å². The van der Waals surface area contributed by atoms with Crippen LogP contribution in [-0.4, -0.2) is 31.7 Å². The molecule has 0 aliphatic heterocycles. The molecule has 1 aromatic heterocycles. The molecule has 0 spiro atoms. The van der Waals surface area contributed by atoms with E-state index < -0.39 is 0 Å². The summed E-state index contributed by atoms with van der Waals surface area (Å²) < 4.78 is 4.63. The summed E-state index contributed by atoms with van der Waals surface area (Å²) in [6.07, 6.45) is 3.35. The third kappa shape index (κ3) is 2.80. The van der Waals surface area contributed by atoms with E-state index in [0.29, 0.717) is 12.1 Å². The first-order chi connectivity index (χ1) is 7.19. The molecule has 4 heteroatoms. The van der Waals surface area contributed by atoms with E-state index in [0.717, 1.165) is 5.82 Å². The molecular formula is C11H14N2O2. The van der Waals surface area contributed by atoms with Crippen LogP contribution in [0.4, 0.5) is 5.82 Å². The van der Waals surface area contributed by atoms with E-state index in [-0.39, 0.29) is 5.97 Å². The van der Waals surface area contributed by atoms with E-state index in [1.165, 1.54) is 7.11 Å². The van der Waals surface area contributed by atoms with Crippen LogP contribution in [-0.2, 0) is 4.74 Å². The van der Waals surface area contributed by atoms with Crippen molar-refractivity contribution in [3.05, 3.63) is 36.5 Å². The molecule has 80 valence electrons. The minimum absolute atomic E-state index is 0.356. The zero-order valence-electron chi connectivity index (χ0n) is 8.93. The lowest BCUT2D eigenvalue weighted by atomic mass is 10.2. The highest BCUT2D eigenvalue weighted by Crippen LogP contribution is 2.11. The van der Waals surface area contributed by atoms with Gasteiger partial charge in [0.05, 0.1) is 12.7 Å². The summed E-state index contributed by atoms with van der Waals surface area (Å²) in [4.78, 5) is 17.3. The van der Waals surface area contributed by atoms with Gasteiger partial charge in [0, 0.05) is 19.8 Å². The second-order valence-corrected chi connectivity index (χ2v) is 3.06. The van der Waals surface area contributed by atoms with Gasteiger partial charge in [-0.15, -0.1) is 6.58 Å². The smallest absolute Gasteiger partial charge is 0.338 e. The van der Waals surface area contributed by atoms with Crippen molar-refractivity contribution in [3.63, 3.8) is 0 Å². The lowest BCUT2D eigenvalue weighted by molar-refractivity contribution is 0.0600. The Balaban J connectivity index is 2.91. The molecule has 15 heavy (non-hydrogen) atoms. The fourth-order valence-corrected chi connectivity index (χ4v) is 1.16. The predicted octanol–water partition coefficient (Wildman–Crippen LogP) is 1.49. The van der Waals surface area contributed by atoms with E-state index in [1.54, 1.807) is 24.4 Å². The Morgan fingerprint density at radius 2 is 2.47 bits per heavy atom. The molecule has 1 heterocycles. The van der Waals surface area contributed by atoms with Crippen LogP contribution in [0.15, 0.2) is 31.0 Å². The van der Waals surface area contributed by atoms with Crippen LogP contribution in [0.3, 0.4) is 0 Å². The van der Waals surface area contributed by atoms with Crippen LogP contribution in [0, 0.1) is 0 Å². The Kier molecular flexibility index (Phi) is 3.85. The summed E-state index contributed by atoms with van der Waals surface area (Å²) in [5, 5.41) is 0. The number of nitrogens with zero attached hydrogens (tertiary/aromatic N) is 2. The fourth-order valence-electron chi connectivity index (χ4n) is 1.16. The fraction of sp³-hybridized carbons (Fsp3) is 0.273. The Morgan fingerprint density at radius 1 is 1.73 bits per heavy atom. The van der Waals surface area contributed by atoms with Crippen molar-refractivity contribution in [2.75, 3.05) is 25.6 Å². The lowest BCUT2D eigenvalue weighted by Crippen LogP contribution is -2.18. The highest BCUT2D eigenvalue weighted by Gasteiger charge is 2.07. The molecule has 0 saturated heterocycles. The first-order valence-electron chi connectivity index (χ1n) is 4.55. The zero-order valence-corrected chi connectivity index (χ0v) is 8.93.